The molecule has 0 spiro atoms. The highest BCUT2D eigenvalue weighted by atomic mass is 32.2. The van der Waals surface area contributed by atoms with Crippen LogP contribution in [-0.4, -0.2) is 32.4 Å². The summed E-state index contributed by atoms with van der Waals surface area (Å²) in [7, 11) is -3.52. The van der Waals surface area contributed by atoms with Crippen LogP contribution < -0.4 is 5.73 Å². The molecule has 0 unspecified atom stereocenters. The fraction of sp³-hybridized carbons (Fsp3) is 0.368. The first-order valence-electron chi connectivity index (χ1n) is 8.13. The van der Waals surface area contributed by atoms with Crippen molar-refractivity contribution < 1.29 is 13.2 Å². The third-order valence-electron chi connectivity index (χ3n) is 4.70. The van der Waals surface area contributed by atoms with E-state index in [0.29, 0.717) is 11.5 Å². The summed E-state index contributed by atoms with van der Waals surface area (Å²) in [6.07, 6.45) is 0. The van der Waals surface area contributed by atoms with Crippen molar-refractivity contribution in [3.63, 3.8) is 0 Å². The molecule has 2 aromatic carbocycles. The van der Waals surface area contributed by atoms with E-state index in [1.807, 2.05) is 56.3 Å². The highest BCUT2D eigenvalue weighted by Crippen LogP contribution is 2.55. The van der Waals surface area contributed by atoms with Crippen LogP contribution in [-0.2, 0) is 14.6 Å². The monoisotopic (exact) mass is 345 g/mol. The van der Waals surface area contributed by atoms with E-state index in [0.717, 1.165) is 11.1 Å². The maximum absolute atomic E-state index is 13.1. The van der Waals surface area contributed by atoms with Gasteiger partial charge in [0, 0.05) is 12.5 Å². The van der Waals surface area contributed by atoms with Gasteiger partial charge in [-0.2, -0.15) is 0 Å². The zero-order chi connectivity index (χ0) is 17.4. The van der Waals surface area contributed by atoms with Gasteiger partial charge in [-0.3, -0.25) is 0 Å². The molecule has 1 saturated carbocycles. The molecule has 2 N–H and O–H groups in total. The summed E-state index contributed by atoms with van der Waals surface area (Å²) < 4.78 is 31.8. The van der Waals surface area contributed by atoms with E-state index >= 15 is 0 Å². The fourth-order valence-electron chi connectivity index (χ4n) is 3.36. The van der Waals surface area contributed by atoms with Crippen LogP contribution in [0.25, 0.3) is 0 Å². The average molecular weight is 345 g/mol. The zero-order valence-electron chi connectivity index (χ0n) is 14.0. The summed E-state index contributed by atoms with van der Waals surface area (Å²) in [6, 6.07) is 16.5. The third-order valence-corrected chi connectivity index (χ3v) is 7.01. The van der Waals surface area contributed by atoms with Crippen LogP contribution in [0.2, 0.25) is 0 Å². The van der Waals surface area contributed by atoms with Crippen molar-refractivity contribution in [1.82, 2.24) is 0 Å². The molecule has 1 aliphatic rings. The van der Waals surface area contributed by atoms with Gasteiger partial charge < -0.3 is 10.5 Å². The summed E-state index contributed by atoms with van der Waals surface area (Å²) in [5, 5.41) is -0.665. The summed E-state index contributed by atoms with van der Waals surface area (Å²) >= 11 is 0. The molecule has 24 heavy (non-hydrogen) atoms. The second-order valence-corrected chi connectivity index (χ2v) is 8.49. The number of benzene rings is 2. The summed E-state index contributed by atoms with van der Waals surface area (Å²) in [6.45, 7) is 4.56. The standard InChI is InChI=1S/C19H23NO3S/c1-3-23-13-19(20)17(15-7-5-4-6-8-15)18(19)24(21,22)16-11-9-14(2)10-12-16/h4-12,17-18H,3,13,20H2,1-2H3/t17-,18-,19+/m0/s1. The molecule has 0 amide bonds. The molecule has 3 rings (SSSR count). The van der Waals surface area contributed by atoms with Gasteiger partial charge in [-0.1, -0.05) is 48.0 Å². The summed E-state index contributed by atoms with van der Waals surface area (Å²) in [5.41, 5.74) is 7.58. The first-order valence-corrected chi connectivity index (χ1v) is 9.68. The number of hydrogen-bond donors (Lipinski definition) is 1. The predicted molar refractivity (Wildman–Crippen MR) is 94.7 cm³/mol. The Bertz CT molecular complexity index is 802. The van der Waals surface area contributed by atoms with Gasteiger partial charge in [0.25, 0.3) is 0 Å². The molecule has 3 atom stereocenters. The molecular formula is C19H23NO3S. The van der Waals surface area contributed by atoms with Gasteiger partial charge in [0.2, 0.25) is 0 Å². The van der Waals surface area contributed by atoms with Crippen molar-refractivity contribution >= 4 is 9.84 Å². The largest absolute Gasteiger partial charge is 0.380 e. The fourth-order valence-corrected chi connectivity index (χ4v) is 5.65. The Morgan fingerprint density at radius 3 is 2.29 bits per heavy atom. The number of rotatable bonds is 6. The van der Waals surface area contributed by atoms with Gasteiger partial charge in [-0.25, -0.2) is 8.42 Å². The topological polar surface area (TPSA) is 69.4 Å². The Balaban J connectivity index is 1.99. The second kappa shape index (κ2) is 6.31. The van der Waals surface area contributed by atoms with Crippen LogP contribution in [0.3, 0.4) is 0 Å². The van der Waals surface area contributed by atoms with Gasteiger partial charge in [0.05, 0.1) is 22.3 Å². The molecule has 1 aliphatic carbocycles. The molecule has 0 radical (unpaired) electrons. The number of ether oxygens (including phenoxy) is 1. The molecule has 0 aromatic heterocycles. The van der Waals surface area contributed by atoms with Crippen LogP contribution in [0.15, 0.2) is 59.5 Å². The maximum Gasteiger partial charge on any atom is 0.183 e. The lowest BCUT2D eigenvalue weighted by atomic mass is 10.1. The summed E-state index contributed by atoms with van der Waals surface area (Å²) in [5.74, 6) is -0.253. The Labute approximate surface area is 143 Å². The predicted octanol–water partition coefficient (Wildman–Crippen LogP) is 2.67. The van der Waals surface area contributed by atoms with Crippen molar-refractivity contribution in [2.75, 3.05) is 13.2 Å². The highest BCUT2D eigenvalue weighted by Gasteiger charge is 2.69. The van der Waals surface area contributed by atoms with Crippen molar-refractivity contribution in [2.45, 2.75) is 35.4 Å². The summed E-state index contributed by atoms with van der Waals surface area (Å²) in [4.78, 5) is 0.322. The normalized spacial score (nSPS) is 26.3. The molecule has 4 nitrogen and oxygen atoms in total. The first-order chi connectivity index (χ1) is 11.4. The Kier molecular flexibility index (Phi) is 4.51. The Morgan fingerprint density at radius 2 is 1.71 bits per heavy atom. The van der Waals surface area contributed by atoms with Gasteiger partial charge >= 0.3 is 0 Å². The molecular weight excluding hydrogens is 322 g/mol. The lowest BCUT2D eigenvalue weighted by molar-refractivity contribution is 0.125. The molecule has 128 valence electrons. The first kappa shape index (κ1) is 17.1. The molecule has 1 fully saturated rings. The van der Waals surface area contributed by atoms with Gasteiger partial charge in [-0.15, -0.1) is 0 Å². The average Bonchev–Trinajstić information content (AvgIpc) is 3.21. The SMILES string of the molecule is CCOC[C@@]1(N)[C@@H](c2ccccc2)[C@@H]1S(=O)(=O)c1ccc(C)cc1. The van der Waals surface area contributed by atoms with Crippen LogP contribution in [0.4, 0.5) is 0 Å². The van der Waals surface area contributed by atoms with Gasteiger partial charge in [-0.05, 0) is 31.5 Å². The van der Waals surface area contributed by atoms with E-state index in [1.54, 1.807) is 12.1 Å². The van der Waals surface area contributed by atoms with E-state index in [9.17, 15) is 8.42 Å². The van der Waals surface area contributed by atoms with Crippen LogP contribution >= 0.6 is 0 Å². The Hall–Kier alpha value is -1.69. The quantitative estimate of drug-likeness (QED) is 0.874. The van der Waals surface area contributed by atoms with E-state index in [-0.39, 0.29) is 12.5 Å². The van der Waals surface area contributed by atoms with Crippen molar-refractivity contribution in [2.24, 2.45) is 5.73 Å². The van der Waals surface area contributed by atoms with Gasteiger partial charge in [0.1, 0.15) is 0 Å². The second-order valence-electron chi connectivity index (χ2n) is 6.42. The Morgan fingerprint density at radius 1 is 1.08 bits per heavy atom. The molecule has 0 aliphatic heterocycles. The van der Waals surface area contributed by atoms with Gasteiger partial charge in [0.15, 0.2) is 9.84 Å². The van der Waals surface area contributed by atoms with Crippen LogP contribution in [0.5, 0.6) is 0 Å². The smallest absolute Gasteiger partial charge is 0.183 e. The zero-order valence-corrected chi connectivity index (χ0v) is 14.8. The van der Waals surface area contributed by atoms with E-state index < -0.39 is 20.6 Å². The van der Waals surface area contributed by atoms with E-state index in [2.05, 4.69) is 0 Å². The maximum atomic E-state index is 13.1. The minimum Gasteiger partial charge on any atom is -0.380 e. The number of hydrogen-bond acceptors (Lipinski definition) is 4. The number of sulfone groups is 1. The van der Waals surface area contributed by atoms with E-state index in [4.69, 9.17) is 10.5 Å². The minimum absolute atomic E-state index is 0.235. The molecule has 2 aromatic rings. The number of aryl methyl sites for hydroxylation is 1. The lowest BCUT2D eigenvalue weighted by Crippen LogP contribution is -2.36. The lowest BCUT2D eigenvalue weighted by Gasteiger charge is -2.12. The molecule has 0 heterocycles. The molecule has 0 bridgehead atoms. The molecule has 5 heteroatoms. The van der Waals surface area contributed by atoms with Crippen LogP contribution in [0, 0.1) is 6.92 Å². The van der Waals surface area contributed by atoms with Crippen molar-refractivity contribution in [1.29, 1.82) is 0 Å². The molecule has 0 saturated heterocycles. The van der Waals surface area contributed by atoms with Crippen molar-refractivity contribution in [3.05, 3.63) is 65.7 Å². The van der Waals surface area contributed by atoms with E-state index in [1.165, 1.54) is 0 Å². The third kappa shape index (κ3) is 2.88. The highest BCUT2D eigenvalue weighted by molar-refractivity contribution is 7.92. The number of nitrogens with two attached hydrogens (primary N) is 1. The van der Waals surface area contributed by atoms with Crippen LogP contribution in [0.1, 0.15) is 24.0 Å². The minimum atomic E-state index is -3.52. The van der Waals surface area contributed by atoms with Crippen molar-refractivity contribution in [3.8, 4) is 0 Å².